The molecule has 0 aliphatic carbocycles. The number of rotatable bonds is 1. The van der Waals surface area contributed by atoms with Crippen molar-refractivity contribution >= 4 is 38.9 Å². The summed E-state index contributed by atoms with van der Waals surface area (Å²) < 4.78 is -1.72. The zero-order valence-corrected chi connectivity index (χ0v) is 6.48. The molecule has 0 aliphatic rings. The lowest BCUT2D eigenvalue weighted by atomic mass is 10.3. The molecule has 0 saturated heterocycles. The molecule has 44 valence electrons. The predicted octanol–water partition coefficient (Wildman–Crippen LogP) is 0.283. The molecule has 0 atom stereocenters. The van der Waals surface area contributed by atoms with Crippen LogP contribution < -0.4 is 4.81 Å². The monoisotopic (exact) mass is 161 g/mol. The average molecular weight is 162 g/mol. The van der Waals surface area contributed by atoms with Gasteiger partial charge in [-0.05, 0) is 0 Å². The minimum Gasteiger partial charge on any atom is -0.490 e. The quantitative estimate of drug-likeness (QED) is 0.528. The number of quaternary nitrogens is 1. The van der Waals surface area contributed by atoms with Crippen LogP contribution in [0.5, 0.6) is 0 Å². The first kappa shape index (κ1) is 7.89. The van der Waals surface area contributed by atoms with Crippen LogP contribution in [0.4, 0.5) is 0 Å². The van der Waals surface area contributed by atoms with E-state index in [9.17, 15) is 0 Å². The molecule has 0 bridgehead atoms. The van der Waals surface area contributed by atoms with Gasteiger partial charge in [-0.1, -0.05) is 0 Å². The third kappa shape index (κ3) is 3.48. The van der Waals surface area contributed by atoms with Crippen LogP contribution in [0.1, 0.15) is 0 Å². The summed E-state index contributed by atoms with van der Waals surface area (Å²) in [5, 5.41) is 0. The van der Waals surface area contributed by atoms with Gasteiger partial charge in [0.05, 0.1) is 0 Å². The highest BCUT2D eigenvalue weighted by Gasteiger charge is 2.22. The molecule has 0 aromatic carbocycles. The molecule has 0 heterocycles. The van der Waals surface area contributed by atoms with Crippen LogP contribution in [-0.2, 0) is 0 Å². The molecule has 0 aliphatic heterocycles. The smallest absolute Gasteiger partial charge is 0.461 e. The standard InChI is InChI=1S/C2H7BCl3N/c1-7(2)3(4,5)6/h7H,1-2H3. The highest BCUT2D eigenvalue weighted by molar-refractivity contribution is 7.61. The van der Waals surface area contributed by atoms with Crippen molar-refractivity contribution in [3.8, 4) is 0 Å². The van der Waals surface area contributed by atoms with Gasteiger partial charge in [0.25, 0.3) is 0 Å². The van der Waals surface area contributed by atoms with Crippen LogP contribution in [0, 0.1) is 0 Å². The van der Waals surface area contributed by atoms with Gasteiger partial charge in [-0.25, -0.2) is 0 Å². The third-order valence-corrected chi connectivity index (χ3v) is 1.96. The Bertz CT molecular complexity index is 58.4. The second kappa shape index (κ2) is 2.45. The minimum absolute atomic E-state index is 0.852. The Labute approximate surface area is 58.2 Å². The van der Waals surface area contributed by atoms with Gasteiger partial charge in [-0.2, -0.15) is 0 Å². The molecule has 0 spiro atoms. The lowest BCUT2D eigenvalue weighted by molar-refractivity contribution is -0.738. The molecule has 1 nitrogen and oxygen atoms in total. The summed E-state index contributed by atoms with van der Waals surface area (Å²) in [5.41, 5.74) is 0. The van der Waals surface area contributed by atoms with Gasteiger partial charge in [0.15, 0.2) is 0 Å². The summed E-state index contributed by atoms with van der Waals surface area (Å²) in [7, 11) is 3.60. The molecular formula is C2H7BCl3N. The highest BCUT2D eigenvalue weighted by atomic mass is 35.6. The second-order valence-corrected chi connectivity index (χ2v) is 4.29. The van der Waals surface area contributed by atoms with E-state index in [2.05, 4.69) is 0 Å². The van der Waals surface area contributed by atoms with Crippen molar-refractivity contribution in [1.29, 1.82) is 0 Å². The largest absolute Gasteiger partial charge is 0.490 e. The fourth-order valence-corrected chi connectivity index (χ4v) is 0. The Morgan fingerprint density at radius 2 is 1.29 bits per heavy atom. The van der Waals surface area contributed by atoms with Crippen LogP contribution in [0.15, 0.2) is 0 Å². The summed E-state index contributed by atoms with van der Waals surface area (Å²) in [5.74, 6) is 0. The molecule has 0 unspecified atom stereocenters. The molecule has 0 amide bonds. The normalized spacial score (nSPS) is 12.9. The Hall–Kier alpha value is 0.895. The maximum absolute atomic E-state index is 5.42. The summed E-state index contributed by atoms with van der Waals surface area (Å²) in [4.78, 5) is 0.852. The molecule has 7 heavy (non-hydrogen) atoms. The van der Waals surface area contributed by atoms with Crippen molar-refractivity contribution < 1.29 is 4.81 Å². The molecule has 0 radical (unpaired) electrons. The van der Waals surface area contributed by atoms with E-state index >= 15 is 0 Å². The first-order valence-corrected chi connectivity index (χ1v) is 3.25. The summed E-state index contributed by atoms with van der Waals surface area (Å²) in [6, 6.07) is 0. The fraction of sp³-hybridized carbons (Fsp3) is 1.00. The van der Waals surface area contributed by atoms with Crippen LogP contribution in [0.25, 0.3) is 0 Å². The van der Waals surface area contributed by atoms with Crippen molar-refractivity contribution in [2.24, 2.45) is 0 Å². The third-order valence-electron chi connectivity index (χ3n) is 0.655. The van der Waals surface area contributed by atoms with Crippen LogP contribution >= 0.6 is 34.4 Å². The summed E-state index contributed by atoms with van der Waals surface area (Å²) >= 11 is 16.3. The van der Waals surface area contributed by atoms with E-state index in [-0.39, 0.29) is 0 Å². The van der Waals surface area contributed by atoms with Gasteiger partial charge in [0.2, 0.25) is 0 Å². The lowest BCUT2D eigenvalue weighted by Gasteiger charge is -2.23. The number of hydrogen-bond acceptors (Lipinski definition) is 0. The Morgan fingerprint density at radius 3 is 1.29 bits per heavy atom. The van der Waals surface area contributed by atoms with Crippen molar-refractivity contribution in [3.63, 3.8) is 0 Å². The SMILES string of the molecule is C[NH+](C)[B-](Cl)(Cl)Cl. The first-order valence-electron chi connectivity index (χ1n) is 1.94. The lowest BCUT2D eigenvalue weighted by Crippen LogP contribution is -3.14. The van der Waals surface area contributed by atoms with Crippen LogP contribution in [-0.4, -0.2) is 18.6 Å². The molecular weight excluding hydrogens is 155 g/mol. The first-order chi connectivity index (χ1) is 2.94. The van der Waals surface area contributed by atoms with Crippen molar-refractivity contribution in [2.75, 3.05) is 14.1 Å². The van der Waals surface area contributed by atoms with Crippen molar-refractivity contribution in [2.45, 2.75) is 0 Å². The van der Waals surface area contributed by atoms with Gasteiger partial charge in [-0.3, -0.25) is 34.4 Å². The second-order valence-electron chi connectivity index (χ2n) is 1.65. The van der Waals surface area contributed by atoms with E-state index in [0.717, 1.165) is 4.81 Å². The van der Waals surface area contributed by atoms with Crippen molar-refractivity contribution in [1.82, 2.24) is 0 Å². The molecule has 0 saturated carbocycles. The van der Waals surface area contributed by atoms with Gasteiger partial charge in [0, 0.05) is 14.1 Å². The topological polar surface area (TPSA) is 4.44 Å². The molecule has 0 fully saturated rings. The molecule has 0 rings (SSSR count). The Morgan fingerprint density at radius 1 is 1.14 bits per heavy atom. The fourth-order valence-electron chi connectivity index (χ4n) is 0. The maximum atomic E-state index is 5.42. The van der Waals surface area contributed by atoms with Gasteiger partial charge in [0.1, 0.15) is 0 Å². The van der Waals surface area contributed by atoms with E-state index in [4.69, 9.17) is 34.4 Å². The van der Waals surface area contributed by atoms with Crippen LogP contribution in [0.3, 0.4) is 0 Å². The van der Waals surface area contributed by atoms with E-state index < -0.39 is 4.53 Å². The zero-order chi connectivity index (χ0) is 6.08. The van der Waals surface area contributed by atoms with E-state index in [1.807, 2.05) is 0 Å². The van der Waals surface area contributed by atoms with E-state index in [0.29, 0.717) is 0 Å². The zero-order valence-electron chi connectivity index (χ0n) is 4.21. The predicted molar refractivity (Wildman–Crippen MR) is 36.1 cm³/mol. The average Bonchev–Trinajstić information content (AvgIpc) is 1.31. The number of halogens is 3. The number of nitrogens with one attached hydrogen (secondary N) is 1. The Kier molecular flexibility index (Phi) is 2.76. The Balaban J connectivity index is 3.54. The molecule has 1 N–H and O–H groups in total. The van der Waals surface area contributed by atoms with Crippen LogP contribution in [0.2, 0.25) is 0 Å². The number of hydrogen-bond donors (Lipinski definition) is 1. The van der Waals surface area contributed by atoms with Gasteiger partial charge >= 0.3 is 4.53 Å². The summed E-state index contributed by atoms with van der Waals surface area (Å²) in [6.07, 6.45) is 0. The van der Waals surface area contributed by atoms with E-state index in [1.54, 1.807) is 14.1 Å². The minimum atomic E-state index is -1.72. The maximum Gasteiger partial charge on any atom is 0.461 e. The molecule has 0 aromatic rings. The molecule has 0 aromatic heterocycles. The highest BCUT2D eigenvalue weighted by Crippen LogP contribution is 2.09. The van der Waals surface area contributed by atoms with Crippen molar-refractivity contribution in [3.05, 3.63) is 0 Å². The van der Waals surface area contributed by atoms with Gasteiger partial charge in [-0.15, -0.1) is 0 Å². The van der Waals surface area contributed by atoms with Gasteiger partial charge < -0.3 is 4.81 Å². The van der Waals surface area contributed by atoms with E-state index in [1.165, 1.54) is 0 Å². The molecule has 5 heteroatoms. The summed E-state index contributed by atoms with van der Waals surface area (Å²) in [6.45, 7) is 0.